The van der Waals surface area contributed by atoms with Crippen LogP contribution in [0.15, 0.2) is 24.3 Å². The topological polar surface area (TPSA) is 43.4 Å². The van der Waals surface area contributed by atoms with Gasteiger partial charge in [-0.05, 0) is 37.8 Å². The molecule has 0 bridgehead atoms. The molecule has 3 heteroatoms. The zero-order chi connectivity index (χ0) is 15.8. The summed E-state index contributed by atoms with van der Waals surface area (Å²) >= 11 is 0. The summed E-state index contributed by atoms with van der Waals surface area (Å²) in [5.41, 5.74) is 0.796. The van der Waals surface area contributed by atoms with Crippen molar-refractivity contribution >= 4 is 11.8 Å². The molecule has 0 atom stereocenters. The lowest BCUT2D eigenvalue weighted by molar-refractivity contribution is -0.169. The van der Waals surface area contributed by atoms with E-state index in [-0.39, 0.29) is 24.6 Å². The lowest BCUT2D eigenvalue weighted by Crippen LogP contribution is -2.51. The molecule has 1 saturated carbocycles. The van der Waals surface area contributed by atoms with Crippen LogP contribution >= 0.6 is 0 Å². The molecule has 0 unspecified atom stereocenters. The molecule has 0 aliphatic heterocycles. The summed E-state index contributed by atoms with van der Waals surface area (Å²) in [7, 11) is 0. The summed E-state index contributed by atoms with van der Waals surface area (Å²) in [6, 6.07) is 8.00. The van der Waals surface area contributed by atoms with E-state index < -0.39 is 11.0 Å². The number of rotatable bonds is 3. The van der Waals surface area contributed by atoms with Crippen LogP contribution in [0.1, 0.15) is 64.5 Å². The number of ketones is 1. The Labute approximate surface area is 126 Å². The first-order chi connectivity index (χ1) is 9.64. The minimum atomic E-state index is -0.778. The van der Waals surface area contributed by atoms with Gasteiger partial charge in [-0.15, -0.1) is 0 Å². The van der Waals surface area contributed by atoms with Gasteiger partial charge in [0.1, 0.15) is 16.8 Å². The van der Waals surface area contributed by atoms with Gasteiger partial charge in [-0.1, -0.05) is 38.1 Å². The molecule has 114 valence electrons. The van der Waals surface area contributed by atoms with E-state index in [1.807, 2.05) is 45.0 Å². The van der Waals surface area contributed by atoms with Crippen LogP contribution in [-0.2, 0) is 19.7 Å². The fourth-order valence-electron chi connectivity index (χ4n) is 2.65. The zero-order valence-electron chi connectivity index (χ0n) is 13.5. The lowest BCUT2D eigenvalue weighted by Gasteiger charge is -2.40. The maximum absolute atomic E-state index is 12.6. The standard InChI is InChI=1S/C18H24O3/c1-12(2)13-6-8-14(9-7-13)18(10-15(19)11-18)16(20)21-17(3,4)5/h6-9,12H,10-11H2,1-5H3. The van der Waals surface area contributed by atoms with Gasteiger partial charge in [-0.3, -0.25) is 9.59 Å². The Balaban J connectivity index is 2.30. The van der Waals surface area contributed by atoms with E-state index in [1.54, 1.807) is 0 Å². The minimum absolute atomic E-state index is 0.119. The van der Waals surface area contributed by atoms with Crippen molar-refractivity contribution in [3.05, 3.63) is 35.4 Å². The average molecular weight is 288 g/mol. The van der Waals surface area contributed by atoms with Crippen molar-refractivity contribution in [1.29, 1.82) is 0 Å². The second kappa shape index (κ2) is 5.28. The largest absolute Gasteiger partial charge is 0.459 e. The molecule has 1 fully saturated rings. The van der Waals surface area contributed by atoms with Gasteiger partial charge >= 0.3 is 5.97 Å². The molecular weight excluding hydrogens is 264 g/mol. The normalized spacial score (nSPS) is 17.5. The van der Waals surface area contributed by atoms with E-state index in [2.05, 4.69) is 13.8 Å². The van der Waals surface area contributed by atoms with E-state index >= 15 is 0 Å². The Kier molecular flexibility index (Phi) is 3.96. The number of esters is 1. The van der Waals surface area contributed by atoms with Gasteiger partial charge in [-0.2, -0.15) is 0 Å². The molecule has 1 aliphatic rings. The number of Topliss-reactive ketones (excluding diaryl/α,β-unsaturated/α-hetero) is 1. The van der Waals surface area contributed by atoms with Crippen LogP contribution in [0.5, 0.6) is 0 Å². The van der Waals surface area contributed by atoms with E-state index in [0.717, 1.165) is 5.56 Å². The van der Waals surface area contributed by atoms with Gasteiger partial charge < -0.3 is 4.74 Å². The van der Waals surface area contributed by atoms with Crippen LogP contribution < -0.4 is 0 Å². The van der Waals surface area contributed by atoms with Crippen molar-refractivity contribution in [3.63, 3.8) is 0 Å². The highest BCUT2D eigenvalue weighted by Gasteiger charge is 2.53. The fourth-order valence-corrected chi connectivity index (χ4v) is 2.65. The van der Waals surface area contributed by atoms with Crippen LogP contribution in [0, 0.1) is 0 Å². The number of hydrogen-bond acceptors (Lipinski definition) is 3. The van der Waals surface area contributed by atoms with E-state index in [1.165, 1.54) is 5.56 Å². The van der Waals surface area contributed by atoms with E-state index in [4.69, 9.17) is 4.74 Å². The number of ether oxygens (including phenoxy) is 1. The number of benzene rings is 1. The summed E-state index contributed by atoms with van der Waals surface area (Å²) in [5, 5.41) is 0. The fraction of sp³-hybridized carbons (Fsp3) is 0.556. The summed E-state index contributed by atoms with van der Waals surface area (Å²) in [6.45, 7) is 9.81. The number of hydrogen-bond donors (Lipinski definition) is 0. The van der Waals surface area contributed by atoms with Crippen molar-refractivity contribution in [2.45, 2.75) is 64.4 Å². The lowest BCUT2D eigenvalue weighted by atomic mass is 9.63. The number of carbonyl (C=O) groups excluding carboxylic acids is 2. The van der Waals surface area contributed by atoms with Gasteiger partial charge in [0.25, 0.3) is 0 Å². The maximum Gasteiger partial charge on any atom is 0.317 e. The Morgan fingerprint density at radius 2 is 1.67 bits per heavy atom. The van der Waals surface area contributed by atoms with Crippen LogP contribution in [0.3, 0.4) is 0 Å². The van der Waals surface area contributed by atoms with Crippen LogP contribution in [0.4, 0.5) is 0 Å². The Morgan fingerprint density at radius 1 is 1.14 bits per heavy atom. The third kappa shape index (κ3) is 3.17. The first kappa shape index (κ1) is 15.7. The summed E-state index contributed by atoms with van der Waals surface area (Å²) < 4.78 is 5.53. The van der Waals surface area contributed by atoms with Gasteiger partial charge in [0, 0.05) is 12.8 Å². The van der Waals surface area contributed by atoms with Crippen LogP contribution in [-0.4, -0.2) is 17.4 Å². The van der Waals surface area contributed by atoms with Crippen molar-refractivity contribution in [2.24, 2.45) is 0 Å². The molecule has 0 radical (unpaired) electrons. The second-order valence-electron chi connectivity index (χ2n) is 7.25. The molecular formula is C18H24O3. The molecule has 0 saturated heterocycles. The molecule has 0 heterocycles. The molecule has 0 spiro atoms. The van der Waals surface area contributed by atoms with Gasteiger partial charge in [0.2, 0.25) is 0 Å². The first-order valence-electron chi connectivity index (χ1n) is 7.50. The first-order valence-corrected chi connectivity index (χ1v) is 7.50. The van der Waals surface area contributed by atoms with E-state index in [0.29, 0.717) is 5.92 Å². The third-order valence-corrected chi connectivity index (χ3v) is 3.92. The highest BCUT2D eigenvalue weighted by atomic mass is 16.6. The number of carbonyl (C=O) groups is 2. The SMILES string of the molecule is CC(C)c1ccc(C2(C(=O)OC(C)(C)C)CC(=O)C2)cc1. The molecule has 0 amide bonds. The molecule has 2 rings (SSSR count). The molecule has 0 N–H and O–H groups in total. The predicted octanol–water partition coefficient (Wildman–Crippen LogP) is 3.75. The summed E-state index contributed by atoms with van der Waals surface area (Å²) in [6.07, 6.45) is 0.506. The maximum atomic E-state index is 12.6. The van der Waals surface area contributed by atoms with Gasteiger partial charge in [-0.25, -0.2) is 0 Å². The van der Waals surface area contributed by atoms with Crippen molar-refractivity contribution < 1.29 is 14.3 Å². The average Bonchev–Trinajstić information content (AvgIpc) is 2.32. The molecule has 1 aliphatic carbocycles. The monoisotopic (exact) mass is 288 g/mol. The van der Waals surface area contributed by atoms with E-state index in [9.17, 15) is 9.59 Å². The van der Waals surface area contributed by atoms with Crippen LogP contribution in [0.2, 0.25) is 0 Å². The quantitative estimate of drug-likeness (QED) is 0.796. The van der Waals surface area contributed by atoms with Gasteiger partial charge in [0.05, 0.1) is 0 Å². The summed E-state index contributed by atoms with van der Waals surface area (Å²) in [5.74, 6) is 0.278. The molecule has 21 heavy (non-hydrogen) atoms. The van der Waals surface area contributed by atoms with Crippen LogP contribution in [0.25, 0.3) is 0 Å². The molecule has 3 nitrogen and oxygen atoms in total. The minimum Gasteiger partial charge on any atom is -0.459 e. The summed E-state index contributed by atoms with van der Waals surface area (Å²) in [4.78, 5) is 24.1. The van der Waals surface area contributed by atoms with Crippen molar-refractivity contribution in [3.8, 4) is 0 Å². The molecule has 1 aromatic rings. The molecule has 0 aromatic heterocycles. The smallest absolute Gasteiger partial charge is 0.317 e. The Morgan fingerprint density at radius 3 is 2.05 bits per heavy atom. The third-order valence-electron chi connectivity index (χ3n) is 3.92. The highest BCUT2D eigenvalue weighted by molar-refractivity contribution is 6.02. The second-order valence-corrected chi connectivity index (χ2v) is 7.25. The molecule has 1 aromatic carbocycles. The predicted molar refractivity (Wildman–Crippen MR) is 82.3 cm³/mol. The van der Waals surface area contributed by atoms with Crippen molar-refractivity contribution in [2.75, 3.05) is 0 Å². The highest BCUT2D eigenvalue weighted by Crippen LogP contribution is 2.43. The van der Waals surface area contributed by atoms with Gasteiger partial charge in [0.15, 0.2) is 0 Å². The Bertz CT molecular complexity index is 539. The Hall–Kier alpha value is -1.64. The van der Waals surface area contributed by atoms with Crippen molar-refractivity contribution in [1.82, 2.24) is 0 Å². The zero-order valence-corrected chi connectivity index (χ0v) is 13.5.